The molecular weight excluding hydrogens is 254 g/mol. The number of carbonyl (C=O) groups is 1. The van der Waals surface area contributed by atoms with Gasteiger partial charge in [0.25, 0.3) is 0 Å². The van der Waals surface area contributed by atoms with E-state index >= 15 is 0 Å². The number of nitrogens with one attached hydrogen (secondary N) is 2. The van der Waals surface area contributed by atoms with Crippen LogP contribution in [0.4, 0.5) is 11.6 Å². The molecule has 0 aromatic carbocycles. The van der Waals surface area contributed by atoms with Crippen molar-refractivity contribution in [2.75, 3.05) is 38.3 Å². The van der Waals surface area contributed by atoms with Crippen molar-refractivity contribution in [1.29, 1.82) is 0 Å². The van der Waals surface area contributed by atoms with Crippen molar-refractivity contribution in [2.45, 2.75) is 33.1 Å². The summed E-state index contributed by atoms with van der Waals surface area (Å²) in [6, 6.07) is 0. The van der Waals surface area contributed by atoms with E-state index in [0.717, 1.165) is 17.2 Å². The maximum atomic E-state index is 11.7. The van der Waals surface area contributed by atoms with Crippen LogP contribution in [0.3, 0.4) is 0 Å². The zero-order valence-corrected chi connectivity index (χ0v) is 13.5. The lowest BCUT2D eigenvalue weighted by Gasteiger charge is -2.21. The molecule has 0 atom stereocenters. The summed E-state index contributed by atoms with van der Waals surface area (Å²) in [4.78, 5) is 22.3. The highest BCUT2D eigenvalue weighted by Gasteiger charge is 2.21. The molecular formula is C14H25N5O. The van der Waals surface area contributed by atoms with E-state index in [4.69, 9.17) is 0 Å². The van der Waals surface area contributed by atoms with Crippen molar-refractivity contribution in [3.8, 4) is 0 Å². The normalized spacial score (nSPS) is 11.2. The van der Waals surface area contributed by atoms with Crippen LogP contribution in [-0.2, 0) is 10.2 Å². The molecule has 112 valence electrons. The quantitative estimate of drug-likeness (QED) is 0.876. The molecule has 1 aromatic rings. The van der Waals surface area contributed by atoms with Crippen LogP contribution in [0.1, 0.15) is 32.2 Å². The number of anilines is 2. The van der Waals surface area contributed by atoms with Gasteiger partial charge in [-0.1, -0.05) is 20.8 Å². The molecule has 0 spiro atoms. The zero-order valence-electron chi connectivity index (χ0n) is 13.5. The number of amides is 1. The second kappa shape index (κ2) is 6.07. The predicted octanol–water partition coefficient (Wildman–Crippen LogP) is 1.62. The average Bonchev–Trinajstić information content (AvgIpc) is 2.35. The van der Waals surface area contributed by atoms with Crippen molar-refractivity contribution in [3.63, 3.8) is 0 Å². The van der Waals surface area contributed by atoms with E-state index in [1.54, 1.807) is 19.0 Å². The summed E-state index contributed by atoms with van der Waals surface area (Å²) in [5.74, 6) is 2.23. The molecule has 0 aliphatic rings. The maximum Gasteiger partial charge on any atom is 0.241 e. The summed E-state index contributed by atoms with van der Waals surface area (Å²) < 4.78 is 0. The van der Waals surface area contributed by atoms with Crippen LogP contribution in [0, 0.1) is 6.92 Å². The van der Waals surface area contributed by atoms with Gasteiger partial charge in [0, 0.05) is 32.1 Å². The van der Waals surface area contributed by atoms with Gasteiger partial charge in [-0.15, -0.1) is 0 Å². The molecule has 1 aromatic heterocycles. The Balaban J connectivity index is 3.08. The lowest BCUT2D eigenvalue weighted by molar-refractivity contribution is -0.126. The van der Waals surface area contributed by atoms with E-state index in [9.17, 15) is 4.79 Å². The lowest BCUT2D eigenvalue weighted by atomic mass is 9.95. The lowest BCUT2D eigenvalue weighted by Crippen LogP contribution is -2.29. The summed E-state index contributed by atoms with van der Waals surface area (Å²) in [5.41, 5.74) is 0.758. The third-order valence-corrected chi connectivity index (χ3v) is 2.96. The van der Waals surface area contributed by atoms with Crippen LogP contribution < -0.4 is 10.6 Å². The van der Waals surface area contributed by atoms with Crippen LogP contribution in [0.5, 0.6) is 0 Å². The number of rotatable bonds is 4. The fraction of sp³-hybridized carbons (Fsp3) is 0.643. The van der Waals surface area contributed by atoms with Crippen molar-refractivity contribution in [2.24, 2.45) is 0 Å². The molecule has 0 fully saturated rings. The fourth-order valence-electron chi connectivity index (χ4n) is 1.59. The van der Waals surface area contributed by atoms with E-state index in [2.05, 4.69) is 41.4 Å². The molecule has 0 aliphatic carbocycles. The van der Waals surface area contributed by atoms with Crippen LogP contribution in [-0.4, -0.2) is 48.5 Å². The molecule has 1 amide bonds. The molecule has 20 heavy (non-hydrogen) atoms. The molecule has 0 unspecified atom stereocenters. The molecule has 0 aliphatic heterocycles. The first-order valence-corrected chi connectivity index (χ1v) is 6.67. The van der Waals surface area contributed by atoms with Crippen LogP contribution >= 0.6 is 0 Å². The van der Waals surface area contributed by atoms with Gasteiger partial charge in [-0.25, -0.2) is 9.97 Å². The molecule has 0 saturated heterocycles. The summed E-state index contributed by atoms with van der Waals surface area (Å²) in [5, 5.41) is 6.17. The van der Waals surface area contributed by atoms with E-state index < -0.39 is 0 Å². The third kappa shape index (κ3) is 3.82. The van der Waals surface area contributed by atoms with Gasteiger partial charge in [-0.05, 0) is 6.92 Å². The first-order chi connectivity index (χ1) is 9.16. The Hall–Kier alpha value is -1.85. The van der Waals surface area contributed by atoms with Gasteiger partial charge in [-0.2, -0.15) is 0 Å². The van der Waals surface area contributed by atoms with E-state index in [-0.39, 0.29) is 17.9 Å². The number of nitrogens with zero attached hydrogens (tertiary/aromatic N) is 3. The van der Waals surface area contributed by atoms with E-state index in [1.165, 1.54) is 0 Å². The molecule has 1 heterocycles. The molecule has 6 heteroatoms. The summed E-state index contributed by atoms with van der Waals surface area (Å²) >= 11 is 0. The number of hydrogen-bond donors (Lipinski definition) is 2. The van der Waals surface area contributed by atoms with Gasteiger partial charge in [-0.3, -0.25) is 4.79 Å². The Kier molecular flexibility index (Phi) is 4.92. The van der Waals surface area contributed by atoms with E-state index in [1.807, 2.05) is 14.0 Å². The minimum atomic E-state index is -0.152. The Morgan fingerprint density at radius 2 is 1.75 bits per heavy atom. The zero-order chi connectivity index (χ0) is 15.5. The van der Waals surface area contributed by atoms with Crippen LogP contribution in [0.25, 0.3) is 0 Å². The van der Waals surface area contributed by atoms with Gasteiger partial charge in [0.05, 0.1) is 6.54 Å². The van der Waals surface area contributed by atoms with Gasteiger partial charge < -0.3 is 15.5 Å². The predicted molar refractivity (Wildman–Crippen MR) is 82.2 cm³/mol. The van der Waals surface area contributed by atoms with Gasteiger partial charge in [0.1, 0.15) is 17.5 Å². The van der Waals surface area contributed by atoms with Crippen molar-refractivity contribution in [3.05, 3.63) is 11.4 Å². The summed E-state index contributed by atoms with van der Waals surface area (Å²) in [7, 11) is 5.30. The fourth-order valence-corrected chi connectivity index (χ4v) is 1.59. The van der Waals surface area contributed by atoms with Crippen molar-refractivity contribution < 1.29 is 4.79 Å². The summed E-state index contributed by atoms with van der Waals surface area (Å²) in [6.07, 6.45) is 0. The Bertz CT molecular complexity index is 491. The minimum Gasteiger partial charge on any atom is -0.373 e. The highest BCUT2D eigenvalue weighted by Crippen LogP contribution is 2.25. The average molecular weight is 279 g/mol. The molecule has 0 saturated carbocycles. The number of carbonyl (C=O) groups excluding carboxylic acids is 1. The molecule has 0 bridgehead atoms. The van der Waals surface area contributed by atoms with Crippen LogP contribution in [0.2, 0.25) is 0 Å². The number of likely N-dealkylation sites (N-methyl/N-ethyl adjacent to an activating group) is 1. The smallest absolute Gasteiger partial charge is 0.241 e. The first-order valence-electron chi connectivity index (χ1n) is 6.67. The SMILES string of the molecule is CNc1nc(C(C)(C)C)nc(NCC(=O)N(C)C)c1C. The Morgan fingerprint density at radius 3 is 2.20 bits per heavy atom. The third-order valence-electron chi connectivity index (χ3n) is 2.96. The highest BCUT2D eigenvalue weighted by molar-refractivity contribution is 5.80. The van der Waals surface area contributed by atoms with Crippen molar-refractivity contribution in [1.82, 2.24) is 14.9 Å². The maximum absolute atomic E-state index is 11.7. The van der Waals surface area contributed by atoms with Gasteiger partial charge in [0.15, 0.2) is 0 Å². The topological polar surface area (TPSA) is 70.1 Å². The Morgan fingerprint density at radius 1 is 1.20 bits per heavy atom. The van der Waals surface area contributed by atoms with Gasteiger partial charge in [0.2, 0.25) is 5.91 Å². The number of hydrogen-bond acceptors (Lipinski definition) is 5. The monoisotopic (exact) mass is 279 g/mol. The van der Waals surface area contributed by atoms with Crippen molar-refractivity contribution >= 4 is 17.5 Å². The van der Waals surface area contributed by atoms with E-state index in [0.29, 0.717) is 5.82 Å². The van der Waals surface area contributed by atoms with Gasteiger partial charge >= 0.3 is 0 Å². The Labute approximate surface area is 121 Å². The highest BCUT2D eigenvalue weighted by atomic mass is 16.2. The molecule has 6 nitrogen and oxygen atoms in total. The second-order valence-corrected chi connectivity index (χ2v) is 6.01. The molecule has 1 rings (SSSR count). The molecule has 2 N–H and O–H groups in total. The standard InChI is InChI=1S/C14H25N5O/c1-9-11(15-5)17-13(14(2,3)4)18-12(9)16-8-10(20)19(6)7/h8H2,1-7H3,(H2,15,16,17,18). The number of aromatic nitrogens is 2. The van der Waals surface area contributed by atoms with Crippen LogP contribution in [0.15, 0.2) is 0 Å². The summed E-state index contributed by atoms with van der Waals surface area (Å²) in [6.45, 7) is 8.34. The largest absolute Gasteiger partial charge is 0.373 e. The first kappa shape index (κ1) is 16.2. The second-order valence-electron chi connectivity index (χ2n) is 6.01. The molecule has 0 radical (unpaired) electrons. The minimum absolute atomic E-state index is 0.00586.